The minimum Gasteiger partial charge on any atom is -0.342 e. The number of thioether (sulfide) groups is 1. The summed E-state index contributed by atoms with van der Waals surface area (Å²) in [5, 5.41) is 2.83. The molecule has 1 aliphatic heterocycles. The third-order valence-electron chi connectivity index (χ3n) is 3.81. The van der Waals surface area contributed by atoms with Crippen molar-refractivity contribution in [2.24, 2.45) is 5.92 Å². The average molecular weight is 286 g/mol. The highest BCUT2D eigenvalue weighted by Crippen LogP contribution is 2.18. The van der Waals surface area contributed by atoms with E-state index in [2.05, 4.69) is 12.2 Å². The Balaban J connectivity index is 2.65. The topological polar surface area (TPSA) is 49.4 Å². The molecule has 19 heavy (non-hydrogen) atoms. The van der Waals surface area contributed by atoms with Gasteiger partial charge in [-0.1, -0.05) is 27.2 Å². The third-order valence-corrected chi connectivity index (χ3v) is 4.74. The maximum Gasteiger partial charge on any atom is 0.246 e. The van der Waals surface area contributed by atoms with E-state index in [0.717, 1.165) is 24.3 Å². The standard InChI is InChI=1S/C14H26N2O2S/c1-5-10(3)13-14(18)16(9-12(17)15-13)11(4)7-8-19-6-2/h10-11,13H,5-9H2,1-4H3,(H,15,17). The van der Waals surface area contributed by atoms with Crippen molar-refractivity contribution >= 4 is 23.6 Å². The zero-order valence-electron chi connectivity index (χ0n) is 12.4. The number of amides is 2. The van der Waals surface area contributed by atoms with Crippen LogP contribution in [0.1, 0.15) is 40.5 Å². The maximum absolute atomic E-state index is 12.4. The fourth-order valence-electron chi connectivity index (χ4n) is 2.24. The second-order valence-corrected chi connectivity index (χ2v) is 6.63. The summed E-state index contributed by atoms with van der Waals surface area (Å²) < 4.78 is 0. The van der Waals surface area contributed by atoms with Crippen LogP contribution in [0, 0.1) is 5.92 Å². The van der Waals surface area contributed by atoms with E-state index in [1.54, 1.807) is 4.90 Å². The molecule has 0 aromatic rings. The fourth-order valence-corrected chi connectivity index (χ4v) is 3.04. The Morgan fingerprint density at radius 2 is 2.05 bits per heavy atom. The second kappa shape index (κ2) is 7.78. The molecule has 0 aromatic carbocycles. The van der Waals surface area contributed by atoms with E-state index in [-0.39, 0.29) is 36.4 Å². The van der Waals surface area contributed by atoms with E-state index in [4.69, 9.17) is 0 Å². The molecule has 1 fully saturated rings. The molecule has 4 nitrogen and oxygen atoms in total. The van der Waals surface area contributed by atoms with Crippen molar-refractivity contribution in [2.45, 2.75) is 52.6 Å². The SMILES string of the molecule is CCSCCC(C)N1CC(=O)NC(C(C)CC)C1=O. The Kier molecular flexibility index (Phi) is 6.69. The highest BCUT2D eigenvalue weighted by Gasteiger charge is 2.37. The van der Waals surface area contributed by atoms with Gasteiger partial charge in [0, 0.05) is 6.04 Å². The van der Waals surface area contributed by atoms with Crippen LogP contribution >= 0.6 is 11.8 Å². The average Bonchev–Trinajstić information content (AvgIpc) is 2.40. The summed E-state index contributed by atoms with van der Waals surface area (Å²) >= 11 is 1.88. The molecule has 5 heteroatoms. The lowest BCUT2D eigenvalue weighted by molar-refractivity contribution is -0.147. The van der Waals surface area contributed by atoms with Gasteiger partial charge in [-0.05, 0) is 30.8 Å². The summed E-state index contributed by atoms with van der Waals surface area (Å²) in [5.41, 5.74) is 0. The lowest BCUT2D eigenvalue weighted by Crippen LogP contribution is -2.62. The molecule has 3 unspecified atom stereocenters. The molecule has 0 saturated carbocycles. The van der Waals surface area contributed by atoms with Crippen molar-refractivity contribution in [3.05, 3.63) is 0 Å². The molecule has 0 spiro atoms. The van der Waals surface area contributed by atoms with Crippen molar-refractivity contribution in [2.75, 3.05) is 18.1 Å². The Morgan fingerprint density at radius 3 is 2.63 bits per heavy atom. The van der Waals surface area contributed by atoms with Crippen molar-refractivity contribution < 1.29 is 9.59 Å². The number of nitrogens with zero attached hydrogens (tertiary/aromatic N) is 1. The van der Waals surface area contributed by atoms with E-state index in [1.807, 2.05) is 32.5 Å². The summed E-state index contributed by atoms with van der Waals surface area (Å²) in [6.07, 6.45) is 1.84. The predicted octanol–water partition coefficient (Wildman–Crippen LogP) is 1.89. The highest BCUT2D eigenvalue weighted by molar-refractivity contribution is 7.99. The Hall–Kier alpha value is -0.710. The van der Waals surface area contributed by atoms with Gasteiger partial charge in [0.2, 0.25) is 11.8 Å². The zero-order chi connectivity index (χ0) is 14.4. The first-order chi connectivity index (χ1) is 9.01. The number of carbonyl (C=O) groups excluding carboxylic acids is 2. The molecule has 0 aliphatic carbocycles. The van der Waals surface area contributed by atoms with Crippen LogP contribution in [-0.4, -0.2) is 46.8 Å². The predicted molar refractivity (Wildman–Crippen MR) is 80.2 cm³/mol. The molecule has 1 heterocycles. The molecule has 1 saturated heterocycles. The Labute approximate surface area is 120 Å². The summed E-state index contributed by atoms with van der Waals surface area (Å²) in [5.74, 6) is 2.38. The first-order valence-corrected chi connectivity index (χ1v) is 8.34. The van der Waals surface area contributed by atoms with Crippen LogP contribution in [-0.2, 0) is 9.59 Å². The molecule has 1 N–H and O–H groups in total. The van der Waals surface area contributed by atoms with Gasteiger partial charge in [-0.25, -0.2) is 0 Å². The smallest absolute Gasteiger partial charge is 0.246 e. The van der Waals surface area contributed by atoms with Gasteiger partial charge in [0.15, 0.2) is 0 Å². The van der Waals surface area contributed by atoms with Gasteiger partial charge in [-0.2, -0.15) is 11.8 Å². The first-order valence-electron chi connectivity index (χ1n) is 7.18. The number of carbonyl (C=O) groups is 2. The van der Waals surface area contributed by atoms with Gasteiger partial charge in [0.1, 0.15) is 6.04 Å². The Bertz CT molecular complexity index is 323. The van der Waals surface area contributed by atoms with Crippen LogP contribution in [0.2, 0.25) is 0 Å². The second-order valence-electron chi connectivity index (χ2n) is 5.23. The largest absolute Gasteiger partial charge is 0.342 e. The highest BCUT2D eigenvalue weighted by atomic mass is 32.2. The minimum atomic E-state index is -0.340. The summed E-state index contributed by atoms with van der Waals surface area (Å²) in [4.78, 5) is 26.0. The quantitative estimate of drug-likeness (QED) is 0.727. The first kappa shape index (κ1) is 16.3. The summed E-state index contributed by atoms with van der Waals surface area (Å²) in [6, 6.07) is -0.198. The van der Waals surface area contributed by atoms with Crippen LogP contribution in [0.15, 0.2) is 0 Å². The number of nitrogens with one attached hydrogen (secondary N) is 1. The lowest BCUT2D eigenvalue weighted by Gasteiger charge is -2.38. The van der Waals surface area contributed by atoms with Crippen molar-refractivity contribution in [3.63, 3.8) is 0 Å². The van der Waals surface area contributed by atoms with Crippen molar-refractivity contribution in [1.29, 1.82) is 0 Å². The molecular weight excluding hydrogens is 260 g/mol. The molecule has 1 aliphatic rings. The lowest BCUT2D eigenvalue weighted by atomic mass is 9.95. The van der Waals surface area contributed by atoms with E-state index in [9.17, 15) is 9.59 Å². The van der Waals surface area contributed by atoms with Crippen molar-refractivity contribution in [3.8, 4) is 0 Å². The number of hydrogen-bond donors (Lipinski definition) is 1. The monoisotopic (exact) mass is 286 g/mol. The number of piperazine rings is 1. The van der Waals surface area contributed by atoms with Crippen LogP contribution in [0.25, 0.3) is 0 Å². The molecule has 0 aromatic heterocycles. The molecule has 0 radical (unpaired) electrons. The van der Waals surface area contributed by atoms with Gasteiger partial charge >= 0.3 is 0 Å². The van der Waals surface area contributed by atoms with Gasteiger partial charge in [0.25, 0.3) is 0 Å². The van der Waals surface area contributed by atoms with Gasteiger partial charge < -0.3 is 10.2 Å². The molecular formula is C14H26N2O2S. The fraction of sp³-hybridized carbons (Fsp3) is 0.857. The van der Waals surface area contributed by atoms with E-state index in [1.165, 1.54) is 0 Å². The van der Waals surface area contributed by atoms with E-state index in [0.29, 0.717) is 0 Å². The molecule has 1 rings (SSSR count). The van der Waals surface area contributed by atoms with Gasteiger partial charge in [-0.15, -0.1) is 0 Å². The maximum atomic E-state index is 12.4. The van der Waals surface area contributed by atoms with E-state index >= 15 is 0 Å². The van der Waals surface area contributed by atoms with Crippen LogP contribution < -0.4 is 5.32 Å². The van der Waals surface area contributed by atoms with Crippen LogP contribution in [0.3, 0.4) is 0 Å². The third kappa shape index (κ3) is 4.41. The zero-order valence-corrected chi connectivity index (χ0v) is 13.3. The molecule has 0 bridgehead atoms. The van der Waals surface area contributed by atoms with E-state index < -0.39 is 0 Å². The minimum absolute atomic E-state index is 0.0279. The number of hydrogen-bond acceptors (Lipinski definition) is 3. The molecule has 3 atom stereocenters. The summed E-state index contributed by atoms with van der Waals surface area (Å²) in [7, 11) is 0. The van der Waals surface area contributed by atoms with Crippen molar-refractivity contribution in [1.82, 2.24) is 10.2 Å². The van der Waals surface area contributed by atoms with Crippen LogP contribution in [0.5, 0.6) is 0 Å². The van der Waals surface area contributed by atoms with Crippen LogP contribution in [0.4, 0.5) is 0 Å². The Morgan fingerprint density at radius 1 is 1.37 bits per heavy atom. The normalized spacial score (nSPS) is 23.2. The number of rotatable bonds is 7. The molecule has 2 amide bonds. The van der Waals surface area contributed by atoms with Gasteiger partial charge in [-0.3, -0.25) is 9.59 Å². The molecule has 110 valence electrons. The summed E-state index contributed by atoms with van der Waals surface area (Å²) in [6.45, 7) is 8.45. The van der Waals surface area contributed by atoms with Gasteiger partial charge in [0.05, 0.1) is 6.54 Å².